The smallest absolute Gasteiger partial charge is 0.310 e. The summed E-state index contributed by atoms with van der Waals surface area (Å²) in [4.78, 5) is 48.6. The second-order valence-electron chi connectivity index (χ2n) is 15.5. The molecule has 2 aromatic rings. The first-order chi connectivity index (χ1) is 23.7. The molecule has 2 aromatic carbocycles. The Labute approximate surface area is 291 Å². The number of methoxy groups -OCH3 is 2. The number of rotatable bonds is 13. The fourth-order valence-electron chi connectivity index (χ4n) is 10.9. The molecule has 4 bridgehead atoms. The van der Waals surface area contributed by atoms with Gasteiger partial charge in [-0.25, -0.2) is 0 Å². The van der Waals surface area contributed by atoms with Gasteiger partial charge < -0.3 is 28.7 Å². The molecule has 270 valence electrons. The van der Waals surface area contributed by atoms with Gasteiger partial charge in [0.1, 0.15) is 24.6 Å². The number of carboxylic acids is 2. The maximum atomic E-state index is 13.7. The number of benzene rings is 2. The first-order valence-electron chi connectivity index (χ1n) is 17.4. The van der Waals surface area contributed by atoms with Crippen molar-refractivity contribution < 1.29 is 48.1 Å². The van der Waals surface area contributed by atoms with Crippen molar-refractivity contribution >= 4 is 23.3 Å². The molecule has 0 radical (unpaired) electrons. The van der Waals surface area contributed by atoms with Crippen molar-refractivity contribution in [2.75, 3.05) is 28.3 Å². The molecule has 4 unspecified atom stereocenters. The molecule has 50 heavy (non-hydrogen) atoms. The Balaban J connectivity index is 1.29. The molecular weight excluding hydrogens is 648 g/mol. The number of aliphatic carboxylic acids is 2. The van der Waals surface area contributed by atoms with Crippen molar-refractivity contribution in [3.63, 3.8) is 0 Å². The predicted molar refractivity (Wildman–Crippen MR) is 180 cm³/mol. The number of piperidine rings is 2. The molecule has 14 nitrogen and oxygen atoms in total. The van der Waals surface area contributed by atoms with Crippen molar-refractivity contribution in [3.05, 3.63) is 67.8 Å². The summed E-state index contributed by atoms with van der Waals surface area (Å²) in [5.74, 6) is -1.69. The molecule has 0 aromatic heterocycles. The quantitative estimate of drug-likeness (QED) is 0.153. The number of non-ortho nitro benzene ring substituents is 2. The summed E-state index contributed by atoms with van der Waals surface area (Å²) < 4.78 is 12.4. The van der Waals surface area contributed by atoms with E-state index in [1.54, 1.807) is 38.5 Å². The van der Waals surface area contributed by atoms with E-state index in [0.29, 0.717) is 59.2 Å². The normalized spacial score (nSPS) is 32.6. The zero-order valence-corrected chi connectivity index (χ0v) is 29.2. The van der Waals surface area contributed by atoms with Gasteiger partial charge in [0.15, 0.2) is 0 Å². The van der Waals surface area contributed by atoms with Gasteiger partial charge in [0.25, 0.3) is 11.4 Å². The fourth-order valence-corrected chi connectivity index (χ4v) is 10.9. The summed E-state index contributed by atoms with van der Waals surface area (Å²) in [6.07, 6.45) is 5.28. The SMILES string of the molecule is COc1ccc([N+](=O)[O-])cc1C[N+]1(C)[C@@H]2CC[C@H]1CC(C(CC(=O)O)(C(=O)O)C1C[C@H]3CC[C@@H](C1)[N+]3(C)Cc1cc([N+](=O)[O-])ccc1OC)C2. The van der Waals surface area contributed by atoms with Crippen LogP contribution in [0.25, 0.3) is 0 Å². The highest BCUT2D eigenvalue weighted by Crippen LogP contribution is 2.59. The minimum absolute atomic E-state index is 0.0118. The number of nitro groups is 2. The van der Waals surface area contributed by atoms with Crippen LogP contribution in [0.3, 0.4) is 0 Å². The average Bonchev–Trinajstić information content (AvgIpc) is 3.31. The number of hydrogen-bond donors (Lipinski definition) is 2. The molecular formula is C36H48N4O10+2. The Morgan fingerprint density at radius 2 is 1.10 bits per heavy atom. The standard InChI is InChI=1S/C36H46N4O10/c1-39(20-22-13-26(37(45)46)5-11-32(22)49-3)28-7-8-29(39)16-24(15-28)36(35(43)44,19-34(41)42)25-17-30-9-10-31(18-25)40(30,2)21-23-14-27(38(47)48)6-12-33(23)50-4/h5-6,11-14,24-25,28-31H,7-10,15-21H2,1-4H3/p+2/t24?,25?,28-,29+,30-,31+,36?,39?,40?. The Morgan fingerprint density at radius 3 is 1.38 bits per heavy atom. The first-order valence-corrected chi connectivity index (χ1v) is 17.4. The van der Waals surface area contributed by atoms with E-state index in [1.807, 2.05) is 0 Å². The number of quaternary nitrogens is 2. The largest absolute Gasteiger partial charge is 0.496 e. The summed E-state index contributed by atoms with van der Waals surface area (Å²) in [5.41, 5.74) is -0.00699. The van der Waals surface area contributed by atoms with Crippen molar-refractivity contribution in [2.24, 2.45) is 17.3 Å². The maximum Gasteiger partial charge on any atom is 0.310 e. The van der Waals surface area contributed by atoms with Gasteiger partial charge in [0, 0.05) is 75.6 Å². The summed E-state index contributed by atoms with van der Waals surface area (Å²) in [7, 11) is 7.37. The number of ether oxygens (including phenoxy) is 2. The minimum Gasteiger partial charge on any atom is -0.496 e. The van der Waals surface area contributed by atoms with Gasteiger partial charge in [-0.05, 0) is 24.0 Å². The van der Waals surface area contributed by atoms with E-state index in [9.17, 15) is 40.0 Å². The van der Waals surface area contributed by atoms with Crippen LogP contribution in [0.15, 0.2) is 36.4 Å². The lowest BCUT2D eigenvalue weighted by atomic mass is 9.57. The molecule has 4 aliphatic heterocycles. The molecule has 4 fully saturated rings. The number of carbonyl (C=O) groups is 2. The van der Waals surface area contributed by atoms with Crippen LogP contribution >= 0.6 is 0 Å². The molecule has 0 saturated carbocycles. The monoisotopic (exact) mass is 696 g/mol. The average molecular weight is 697 g/mol. The second kappa shape index (κ2) is 13.1. The van der Waals surface area contributed by atoms with Gasteiger partial charge in [0.2, 0.25) is 0 Å². The first kappa shape index (κ1) is 35.5. The Morgan fingerprint density at radius 1 is 0.740 bits per heavy atom. The number of hydrogen-bond acceptors (Lipinski definition) is 8. The number of nitrogens with zero attached hydrogens (tertiary/aromatic N) is 4. The van der Waals surface area contributed by atoms with Gasteiger partial charge in [0.05, 0.1) is 85.3 Å². The third-order valence-corrected chi connectivity index (χ3v) is 13.5. The molecule has 4 aliphatic rings. The zero-order valence-electron chi connectivity index (χ0n) is 29.2. The van der Waals surface area contributed by atoms with Gasteiger partial charge in [-0.1, -0.05) is 0 Å². The van der Waals surface area contributed by atoms with E-state index in [2.05, 4.69) is 14.1 Å². The lowest BCUT2D eigenvalue weighted by Crippen LogP contribution is -2.63. The third-order valence-electron chi connectivity index (χ3n) is 13.5. The molecule has 4 saturated heterocycles. The second-order valence-corrected chi connectivity index (χ2v) is 15.5. The fraction of sp³-hybridized carbons (Fsp3) is 0.611. The van der Waals surface area contributed by atoms with Gasteiger partial charge >= 0.3 is 11.9 Å². The summed E-state index contributed by atoms with van der Waals surface area (Å²) >= 11 is 0. The highest BCUT2D eigenvalue weighted by molar-refractivity contribution is 5.82. The Kier molecular flexibility index (Phi) is 9.31. The molecule has 0 amide bonds. The van der Waals surface area contributed by atoms with E-state index in [4.69, 9.17) is 9.47 Å². The topological polar surface area (TPSA) is 179 Å². The molecule has 0 spiro atoms. The van der Waals surface area contributed by atoms with Crippen LogP contribution in [0.2, 0.25) is 0 Å². The highest BCUT2D eigenvalue weighted by Gasteiger charge is 2.64. The van der Waals surface area contributed by atoms with Gasteiger partial charge in [-0.3, -0.25) is 29.8 Å². The molecule has 0 aliphatic carbocycles. The van der Waals surface area contributed by atoms with Gasteiger partial charge in [-0.2, -0.15) is 0 Å². The molecule has 8 atom stereocenters. The van der Waals surface area contributed by atoms with Crippen molar-refractivity contribution in [1.82, 2.24) is 0 Å². The lowest BCUT2D eigenvalue weighted by molar-refractivity contribution is -0.963. The lowest BCUT2D eigenvalue weighted by Gasteiger charge is -2.55. The van der Waals surface area contributed by atoms with E-state index < -0.39 is 33.6 Å². The number of fused-ring (bicyclic) bond motifs is 4. The van der Waals surface area contributed by atoms with Crippen molar-refractivity contribution in [3.8, 4) is 11.5 Å². The molecule has 6 rings (SSSR count). The van der Waals surface area contributed by atoms with Crippen LogP contribution in [0.5, 0.6) is 11.5 Å². The maximum absolute atomic E-state index is 13.7. The van der Waals surface area contributed by atoms with E-state index in [1.165, 1.54) is 12.1 Å². The van der Waals surface area contributed by atoms with E-state index in [0.717, 1.165) is 36.8 Å². The molecule has 4 heterocycles. The van der Waals surface area contributed by atoms with E-state index in [-0.39, 0.29) is 47.4 Å². The van der Waals surface area contributed by atoms with Crippen LogP contribution < -0.4 is 9.47 Å². The minimum atomic E-state index is -1.45. The third kappa shape index (κ3) is 5.85. The van der Waals surface area contributed by atoms with Crippen LogP contribution in [-0.2, 0) is 22.7 Å². The van der Waals surface area contributed by atoms with Crippen molar-refractivity contribution in [1.29, 1.82) is 0 Å². The van der Waals surface area contributed by atoms with Crippen LogP contribution in [0.4, 0.5) is 11.4 Å². The summed E-state index contributed by atoms with van der Waals surface area (Å²) in [6.45, 7) is 0.993. The predicted octanol–water partition coefficient (Wildman–Crippen LogP) is 5.54. The van der Waals surface area contributed by atoms with Crippen LogP contribution in [0, 0.1) is 37.5 Å². The number of carboxylic acid groups (broad SMARTS) is 2. The zero-order chi connectivity index (χ0) is 36.2. The Bertz CT molecular complexity index is 1560. The number of nitro benzene ring substituents is 2. The summed E-state index contributed by atoms with van der Waals surface area (Å²) in [6, 6.07) is 9.50. The van der Waals surface area contributed by atoms with Crippen molar-refractivity contribution in [2.45, 2.75) is 95.0 Å². The van der Waals surface area contributed by atoms with Crippen LogP contribution in [0.1, 0.15) is 68.9 Å². The highest BCUT2D eigenvalue weighted by atomic mass is 16.6. The van der Waals surface area contributed by atoms with E-state index >= 15 is 0 Å². The Hall–Kier alpha value is -4.30. The van der Waals surface area contributed by atoms with Gasteiger partial charge in [-0.15, -0.1) is 0 Å². The molecule has 2 N–H and O–H groups in total. The summed E-state index contributed by atoms with van der Waals surface area (Å²) in [5, 5.41) is 44.6. The molecule has 14 heteroatoms. The van der Waals surface area contributed by atoms with Crippen LogP contribution in [-0.4, -0.2) is 93.4 Å².